The van der Waals surface area contributed by atoms with E-state index in [0.29, 0.717) is 53.6 Å². The Balaban J connectivity index is 1.57. The second-order valence-corrected chi connectivity index (χ2v) is 12.9. The number of aryl methyl sites for hydroxylation is 1. The maximum Gasteiger partial charge on any atom is 0.203 e. The van der Waals surface area contributed by atoms with E-state index in [0.717, 1.165) is 22.8 Å². The Kier molecular flexibility index (Phi) is 6.92. The number of nitrogens with zero attached hydrogens (tertiary/aromatic N) is 4. The van der Waals surface area contributed by atoms with Crippen molar-refractivity contribution < 1.29 is 13.8 Å². The fourth-order valence-electron chi connectivity index (χ4n) is 4.34. The Morgan fingerprint density at radius 2 is 1.97 bits per heavy atom. The van der Waals surface area contributed by atoms with Crippen LogP contribution in [0.15, 0.2) is 40.1 Å². The van der Waals surface area contributed by atoms with E-state index in [1.807, 2.05) is 42.6 Å². The zero-order valence-electron chi connectivity index (χ0n) is 20.4. The van der Waals surface area contributed by atoms with Crippen molar-refractivity contribution in [1.29, 1.82) is 0 Å². The number of rotatable bonds is 6. The lowest BCUT2D eigenvalue weighted by Gasteiger charge is -2.39. The SMILES string of the molecule is CNC(=S)Nc1ccc(-c2nc(N3CCOC[C@@H]3C)cc(C3(S(O)(O)c4nc(C)cs4)CC3)n2)cc1. The van der Waals surface area contributed by atoms with Crippen molar-refractivity contribution in [2.24, 2.45) is 0 Å². The molecule has 36 heavy (non-hydrogen) atoms. The number of anilines is 2. The van der Waals surface area contributed by atoms with Crippen molar-refractivity contribution in [3.8, 4) is 11.4 Å². The van der Waals surface area contributed by atoms with Crippen molar-refractivity contribution in [3.63, 3.8) is 0 Å². The van der Waals surface area contributed by atoms with Gasteiger partial charge in [0.25, 0.3) is 0 Å². The van der Waals surface area contributed by atoms with E-state index >= 15 is 0 Å². The highest BCUT2D eigenvalue weighted by atomic mass is 32.3. The molecule has 1 atom stereocenters. The lowest BCUT2D eigenvalue weighted by atomic mass is 10.1. The van der Waals surface area contributed by atoms with Gasteiger partial charge in [-0.15, -0.1) is 21.9 Å². The van der Waals surface area contributed by atoms with Gasteiger partial charge < -0.3 is 20.3 Å². The summed E-state index contributed by atoms with van der Waals surface area (Å²) in [5.41, 5.74) is 3.11. The minimum atomic E-state index is -3.20. The van der Waals surface area contributed by atoms with Crippen LogP contribution in [0.4, 0.5) is 11.5 Å². The predicted octanol–water partition coefficient (Wildman–Crippen LogP) is 4.85. The Morgan fingerprint density at radius 3 is 2.58 bits per heavy atom. The molecule has 1 aliphatic heterocycles. The molecule has 0 radical (unpaired) electrons. The van der Waals surface area contributed by atoms with E-state index in [1.54, 1.807) is 7.05 Å². The molecule has 0 unspecified atom stereocenters. The van der Waals surface area contributed by atoms with Crippen molar-refractivity contribution >= 4 is 50.8 Å². The molecule has 2 aromatic heterocycles. The lowest BCUT2D eigenvalue weighted by molar-refractivity contribution is 0.0985. The summed E-state index contributed by atoms with van der Waals surface area (Å²) in [6.07, 6.45) is 1.26. The van der Waals surface area contributed by atoms with E-state index in [-0.39, 0.29) is 6.04 Å². The highest BCUT2D eigenvalue weighted by molar-refractivity contribution is 8.26. The summed E-state index contributed by atoms with van der Waals surface area (Å²) in [4.78, 5) is 16.5. The van der Waals surface area contributed by atoms with Crippen molar-refractivity contribution in [1.82, 2.24) is 20.3 Å². The van der Waals surface area contributed by atoms with E-state index in [2.05, 4.69) is 27.4 Å². The first kappa shape index (κ1) is 25.3. The maximum atomic E-state index is 11.5. The molecule has 9 nitrogen and oxygen atoms in total. The molecule has 1 saturated heterocycles. The van der Waals surface area contributed by atoms with Crippen LogP contribution in [0.25, 0.3) is 11.4 Å². The van der Waals surface area contributed by atoms with E-state index < -0.39 is 15.3 Å². The van der Waals surface area contributed by atoms with E-state index in [9.17, 15) is 9.11 Å². The standard InChI is InChI=1S/C24H30N6O3S3/c1-15-14-35-23(26-15)36(31,32)24(8-9-24)19-12-20(30-10-11-33-13-16(30)2)29-21(28-19)17-4-6-18(7-5-17)27-22(34)25-3/h4-7,12,14,16,31-32H,8-11,13H2,1-3H3,(H2,25,27,34)/t16-/m0/s1. The molecule has 3 aromatic rings. The number of hydrogen-bond acceptors (Lipinski definition) is 9. The summed E-state index contributed by atoms with van der Waals surface area (Å²) in [7, 11) is -1.43. The Labute approximate surface area is 221 Å². The molecule has 2 aliphatic rings. The highest BCUT2D eigenvalue weighted by Crippen LogP contribution is 2.75. The molecule has 4 N–H and O–H groups in total. The van der Waals surface area contributed by atoms with Gasteiger partial charge in [-0.1, -0.05) is 0 Å². The van der Waals surface area contributed by atoms with E-state index in [1.165, 1.54) is 11.3 Å². The summed E-state index contributed by atoms with van der Waals surface area (Å²) in [5, 5.41) is 8.39. The number of benzene rings is 1. The van der Waals surface area contributed by atoms with Gasteiger partial charge in [0.15, 0.2) is 10.9 Å². The summed E-state index contributed by atoms with van der Waals surface area (Å²) in [6, 6.07) is 9.78. The van der Waals surface area contributed by atoms with Crippen molar-refractivity contribution in [2.45, 2.75) is 41.8 Å². The van der Waals surface area contributed by atoms with Gasteiger partial charge in [-0.3, -0.25) is 9.11 Å². The van der Waals surface area contributed by atoms with Crippen LogP contribution in [0, 0.1) is 6.92 Å². The van der Waals surface area contributed by atoms with Gasteiger partial charge >= 0.3 is 0 Å². The minimum absolute atomic E-state index is 0.139. The fraction of sp³-hybridized carbons (Fsp3) is 0.417. The van der Waals surface area contributed by atoms with Crippen LogP contribution in [0.3, 0.4) is 0 Å². The number of nitrogens with one attached hydrogen (secondary N) is 2. The van der Waals surface area contributed by atoms with Crippen LogP contribution in [0.1, 0.15) is 31.2 Å². The molecule has 0 amide bonds. The zero-order valence-corrected chi connectivity index (χ0v) is 22.8. The molecular weight excluding hydrogens is 517 g/mol. The Hall–Kier alpha value is -2.35. The number of ether oxygens (including phenoxy) is 1. The fourth-order valence-corrected chi connectivity index (χ4v) is 7.81. The van der Waals surface area contributed by atoms with Crippen LogP contribution in [0.5, 0.6) is 0 Å². The molecule has 1 aromatic carbocycles. The summed E-state index contributed by atoms with van der Waals surface area (Å²) in [6.45, 7) is 5.89. The largest absolute Gasteiger partial charge is 0.377 e. The monoisotopic (exact) mass is 546 g/mol. The third kappa shape index (κ3) is 4.69. The van der Waals surface area contributed by atoms with Gasteiger partial charge in [0.1, 0.15) is 10.6 Å². The number of thiazole rings is 1. The molecule has 3 heterocycles. The molecule has 1 saturated carbocycles. The Bertz CT molecular complexity index is 1260. The molecule has 12 heteroatoms. The number of thiocarbonyl (C=S) groups is 1. The summed E-state index contributed by atoms with van der Waals surface area (Å²) >= 11 is 6.49. The third-order valence-electron chi connectivity index (χ3n) is 6.56. The number of morpholine rings is 1. The minimum Gasteiger partial charge on any atom is -0.377 e. The van der Waals surface area contributed by atoms with Crippen molar-refractivity contribution in [2.75, 3.05) is 37.0 Å². The van der Waals surface area contributed by atoms with Crippen LogP contribution >= 0.6 is 34.1 Å². The molecule has 5 rings (SSSR count). The normalized spacial score (nSPS) is 19.6. The first-order valence-electron chi connectivity index (χ1n) is 11.8. The van der Waals surface area contributed by atoms with Crippen LogP contribution < -0.4 is 15.5 Å². The van der Waals surface area contributed by atoms with Gasteiger partial charge in [0, 0.05) is 36.3 Å². The first-order chi connectivity index (χ1) is 17.2. The first-order valence-corrected chi connectivity index (χ1v) is 14.6. The zero-order chi connectivity index (χ0) is 25.5. The number of aromatic nitrogens is 3. The van der Waals surface area contributed by atoms with Gasteiger partial charge in [-0.25, -0.2) is 15.0 Å². The summed E-state index contributed by atoms with van der Waals surface area (Å²) < 4.78 is 28.1. The topological polar surface area (TPSA) is 116 Å². The second-order valence-electron chi connectivity index (χ2n) is 9.13. The van der Waals surface area contributed by atoms with E-state index in [4.69, 9.17) is 26.9 Å². The molecule has 0 bridgehead atoms. The maximum absolute atomic E-state index is 11.5. The van der Waals surface area contributed by atoms with Crippen molar-refractivity contribution in [3.05, 3.63) is 47.1 Å². The van der Waals surface area contributed by atoms with Crippen LogP contribution in [-0.4, -0.2) is 62.0 Å². The van der Waals surface area contributed by atoms with Gasteiger partial charge in [-0.05, 0) is 63.2 Å². The lowest BCUT2D eigenvalue weighted by Crippen LogP contribution is -2.44. The summed E-state index contributed by atoms with van der Waals surface area (Å²) in [5.74, 6) is 1.31. The number of hydrogen-bond donors (Lipinski definition) is 4. The van der Waals surface area contributed by atoms with Gasteiger partial charge in [0.05, 0.1) is 30.6 Å². The average Bonchev–Trinajstić information content (AvgIpc) is 3.59. The van der Waals surface area contributed by atoms with Gasteiger partial charge in [0.2, 0.25) is 4.34 Å². The quantitative estimate of drug-likeness (QED) is 0.320. The molecule has 1 aliphatic carbocycles. The second kappa shape index (κ2) is 9.84. The highest BCUT2D eigenvalue weighted by Gasteiger charge is 2.58. The third-order valence-corrected chi connectivity index (χ3v) is 10.9. The van der Waals surface area contributed by atoms with Crippen LogP contribution in [0.2, 0.25) is 0 Å². The predicted molar refractivity (Wildman–Crippen MR) is 149 cm³/mol. The Morgan fingerprint density at radius 1 is 1.22 bits per heavy atom. The van der Waals surface area contributed by atoms with Gasteiger partial charge in [-0.2, -0.15) is 0 Å². The molecule has 192 valence electrons. The molecular formula is C24H30N6O3S3. The smallest absolute Gasteiger partial charge is 0.203 e. The molecule has 0 spiro atoms. The molecule has 2 fully saturated rings. The average molecular weight is 547 g/mol. The van der Waals surface area contributed by atoms with Crippen LogP contribution in [-0.2, 0) is 9.48 Å².